The fourth-order valence-electron chi connectivity index (χ4n) is 15.8. The van der Waals surface area contributed by atoms with E-state index in [1.807, 2.05) is 0 Å². The van der Waals surface area contributed by atoms with E-state index < -0.39 is 120 Å². The second-order valence-corrected chi connectivity index (χ2v) is 22.8. The zero-order valence-electron chi connectivity index (χ0n) is 39.2. The summed E-state index contributed by atoms with van der Waals surface area (Å²) in [6.45, 7) is 17.3. The van der Waals surface area contributed by atoms with Gasteiger partial charge in [0.2, 0.25) is 0 Å². The molecule has 8 aliphatic rings. The largest absolute Gasteiger partial charge is 0.456 e. The maximum absolute atomic E-state index is 12.6. The molecule has 8 rings (SSSR count). The Kier molecular flexibility index (Phi) is 12.3. The number of hydrogen-bond donors (Lipinski definition) is 6. The predicted molar refractivity (Wildman–Crippen MR) is 222 cm³/mol. The van der Waals surface area contributed by atoms with Crippen LogP contribution in [0.1, 0.15) is 127 Å². The molecule has 5 aliphatic carbocycles. The second-order valence-electron chi connectivity index (χ2n) is 22.8. The van der Waals surface area contributed by atoms with Crippen LogP contribution in [-0.4, -0.2) is 153 Å². The highest BCUT2D eigenvalue weighted by atomic mass is 16.7. The first-order valence-electron chi connectivity index (χ1n) is 23.5. The van der Waals surface area contributed by atoms with Gasteiger partial charge in [0.25, 0.3) is 0 Å². The van der Waals surface area contributed by atoms with E-state index in [0.717, 1.165) is 25.7 Å². The van der Waals surface area contributed by atoms with Crippen LogP contribution in [0, 0.1) is 44.8 Å². The Morgan fingerprint density at radius 1 is 0.719 bits per heavy atom. The highest BCUT2D eigenvalue weighted by Gasteiger charge is 2.85. The standard InChI is InChI=1S/C47H74O17/c1-22(49)58-28-20-57-40(36(60-24(3)51)35(28)59-23(2)50)63-30-12-14-47-21-46(47)16-15-43(8)37(45(10)13-11-31(64-45)42(6,7)56)25(52)18-44(43,9)29(46)17-26(38(47)41(30,4)5)61-39-34(55)33(54)32(53)27(19-48)62-39/h25-40,48,52-56H,11-21H2,1-10H3/t25-,26-,27-,28+,29+,30+,31+,32+,33-,34-,35+,36-,37+,38-,39-,40-,43-,44+,45+,46+,47-/m0/s1. The number of hydrogen-bond acceptors (Lipinski definition) is 17. The van der Waals surface area contributed by atoms with Gasteiger partial charge in [-0.1, -0.05) is 27.7 Å². The first-order chi connectivity index (χ1) is 29.7. The lowest BCUT2D eigenvalue weighted by Gasteiger charge is -2.65. The van der Waals surface area contributed by atoms with E-state index in [0.29, 0.717) is 32.1 Å². The third-order valence-electron chi connectivity index (χ3n) is 18.5. The Labute approximate surface area is 376 Å². The lowest BCUT2D eigenvalue weighted by atomic mass is 9.41. The van der Waals surface area contributed by atoms with Crippen molar-refractivity contribution in [3.8, 4) is 0 Å². The van der Waals surface area contributed by atoms with Crippen LogP contribution < -0.4 is 0 Å². The SMILES string of the molecule is CC(=O)O[C@@H]1[C@H](O[C@@H]2CC[C@@]34C[C@@]35CC[C@@]3(C)[C@H]([C@@]6(C)CC[C@H](C(C)(C)O)O6)[C@@H](O)C[C@]3(C)[C@H]5C[C@H](O[C@H]3O[C@@H](CO)[C@@H](O)[C@H](O)[C@@H]3O)[C@H]4C2(C)C)OC[C@@H](OC(C)=O)[C@H]1OC(C)=O. The molecule has 0 unspecified atom stereocenters. The van der Waals surface area contributed by atoms with Crippen LogP contribution in [0.15, 0.2) is 0 Å². The molecular weight excluding hydrogens is 837 g/mol. The average Bonchev–Trinajstić information content (AvgIpc) is 3.55. The number of carbonyl (C=O) groups excluding carboxylic acids is 3. The Morgan fingerprint density at radius 2 is 1.38 bits per heavy atom. The molecule has 3 aliphatic heterocycles. The molecule has 3 saturated heterocycles. The molecule has 5 saturated carbocycles. The molecule has 0 bridgehead atoms. The van der Waals surface area contributed by atoms with Crippen molar-refractivity contribution >= 4 is 17.9 Å². The van der Waals surface area contributed by atoms with Gasteiger partial charge in [0.15, 0.2) is 30.9 Å². The van der Waals surface area contributed by atoms with E-state index >= 15 is 0 Å². The lowest BCUT2D eigenvalue weighted by molar-refractivity contribution is -0.339. The van der Waals surface area contributed by atoms with Crippen molar-refractivity contribution in [1.29, 1.82) is 0 Å². The summed E-state index contributed by atoms with van der Waals surface area (Å²) in [6, 6.07) is 0. The lowest BCUT2D eigenvalue weighted by Crippen LogP contribution is -2.65. The van der Waals surface area contributed by atoms with Crippen molar-refractivity contribution in [2.75, 3.05) is 13.2 Å². The Morgan fingerprint density at radius 3 is 1.98 bits per heavy atom. The van der Waals surface area contributed by atoms with Gasteiger partial charge in [-0.2, -0.15) is 0 Å². The maximum Gasteiger partial charge on any atom is 0.303 e. The van der Waals surface area contributed by atoms with E-state index in [1.165, 1.54) is 20.8 Å². The smallest absolute Gasteiger partial charge is 0.303 e. The minimum Gasteiger partial charge on any atom is -0.456 e. The van der Waals surface area contributed by atoms with E-state index in [9.17, 15) is 45.0 Å². The summed E-state index contributed by atoms with van der Waals surface area (Å²) >= 11 is 0. The third-order valence-corrected chi connectivity index (χ3v) is 18.5. The molecule has 364 valence electrons. The molecule has 0 aromatic heterocycles. The number of fused-ring (bicyclic) bond motifs is 2. The maximum atomic E-state index is 12.6. The summed E-state index contributed by atoms with van der Waals surface area (Å²) in [6.07, 6.45) is -7.96. The predicted octanol–water partition coefficient (Wildman–Crippen LogP) is 2.44. The quantitative estimate of drug-likeness (QED) is 0.105. The van der Waals surface area contributed by atoms with E-state index in [2.05, 4.69) is 34.6 Å². The molecule has 0 aromatic rings. The van der Waals surface area contributed by atoms with Gasteiger partial charge in [0.05, 0.1) is 48.8 Å². The number of rotatable bonds is 10. The zero-order valence-corrected chi connectivity index (χ0v) is 39.2. The Hall–Kier alpha value is -2.03. The van der Waals surface area contributed by atoms with E-state index in [1.54, 1.807) is 13.8 Å². The molecule has 17 nitrogen and oxygen atoms in total. The summed E-state index contributed by atoms with van der Waals surface area (Å²) in [4.78, 5) is 37.0. The van der Waals surface area contributed by atoms with Gasteiger partial charge in [-0.05, 0) is 117 Å². The van der Waals surface area contributed by atoms with Crippen LogP contribution >= 0.6 is 0 Å². The minimum absolute atomic E-state index is 0.0469. The molecule has 17 heteroatoms. The average molecular weight is 911 g/mol. The molecule has 6 N–H and O–H groups in total. The summed E-state index contributed by atoms with van der Waals surface area (Å²) < 4.78 is 49.7. The normalized spacial score (nSPS) is 51.8. The first-order valence-corrected chi connectivity index (χ1v) is 23.5. The van der Waals surface area contributed by atoms with Crippen LogP contribution in [-0.2, 0) is 52.3 Å². The third kappa shape index (κ3) is 7.39. The molecule has 21 atom stereocenters. The fraction of sp³-hybridized carbons (Fsp3) is 0.936. The van der Waals surface area contributed by atoms with Crippen molar-refractivity contribution in [1.82, 2.24) is 0 Å². The Balaban J connectivity index is 1.14. The molecule has 3 heterocycles. The summed E-state index contributed by atoms with van der Waals surface area (Å²) in [7, 11) is 0. The highest BCUT2D eigenvalue weighted by Crippen LogP contribution is 2.89. The monoisotopic (exact) mass is 910 g/mol. The zero-order chi connectivity index (χ0) is 46.9. The fourth-order valence-corrected chi connectivity index (χ4v) is 15.8. The number of ether oxygens (including phenoxy) is 8. The van der Waals surface area contributed by atoms with Gasteiger partial charge in [-0.15, -0.1) is 0 Å². The first kappa shape index (κ1) is 48.4. The number of carbonyl (C=O) groups is 3. The summed E-state index contributed by atoms with van der Waals surface area (Å²) in [5.41, 5.74) is -3.59. The molecule has 0 aromatic carbocycles. The number of aliphatic hydroxyl groups excluding tert-OH is 5. The summed E-state index contributed by atoms with van der Waals surface area (Å²) in [5, 5.41) is 66.5. The van der Waals surface area contributed by atoms with Crippen molar-refractivity contribution in [2.45, 2.75) is 218 Å². The van der Waals surface area contributed by atoms with Crippen LogP contribution in [0.4, 0.5) is 0 Å². The van der Waals surface area contributed by atoms with Crippen LogP contribution in [0.5, 0.6) is 0 Å². The van der Waals surface area contributed by atoms with Crippen molar-refractivity contribution in [2.24, 2.45) is 44.8 Å². The number of aliphatic hydroxyl groups is 6. The van der Waals surface area contributed by atoms with Crippen molar-refractivity contribution in [3.63, 3.8) is 0 Å². The van der Waals surface area contributed by atoms with Gasteiger partial charge >= 0.3 is 17.9 Å². The van der Waals surface area contributed by atoms with Gasteiger partial charge in [0, 0.05) is 26.7 Å². The highest BCUT2D eigenvalue weighted by molar-refractivity contribution is 5.68. The Bertz CT molecular complexity index is 1800. The van der Waals surface area contributed by atoms with Crippen LogP contribution in [0.3, 0.4) is 0 Å². The van der Waals surface area contributed by atoms with Crippen molar-refractivity contribution in [3.05, 3.63) is 0 Å². The molecule has 0 amide bonds. The van der Waals surface area contributed by atoms with Crippen LogP contribution in [0.25, 0.3) is 0 Å². The van der Waals surface area contributed by atoms with Crippen LogP contribution in [0.2, 0.25) is 0 Å². The topological polar surface area (TPSA) is 246 Å². The van der Waals surface area contributed by atoms with E-state index in [-0.39, 0.29) is 46.7 Å². The molecule has 0 radical (unpaired) electrons. The van der Waals surface area contributed by atoms with Gasteiger partial charge in [-0.3, -0.25) is 14.4 Å². The molecular formula is C47H74O17. The molecule has 2 spiro atoms. The van der Waals surface area contributed by atoms with Gasteiger partial charge in [-0.25, -0.2) is 0 Å². The van der Waals surface area contributed by atoms with Crippen molar-refractivity contribution < 1.29 is 82.9 Å². The molecule has 64 heavy (non-hydrogen) atoms. The number of esters is 3. The minimum atomic E-state index is -1.65. The second kappa shape index (κ2) is 16.3. The van der Waals surface area contributed by atoms with E-state index in [4.69, 9.17) is 37.9 Å². The van der Waals surface area contributed by atoms with Gasteiger partial charge in [0.1, 0.15) is 24.4 Å². The summed E-state index contributed by atoms with van der Waals surface area (Å²) in [5.74, 6) is -2.39. The van der Waals surface area contributed by atoms with Gasteiger partial charge < -0.3 is 68.5 Å². The molecule has 8 fully saturated rings.